The predicted octanol–water partition coefficient (Wildman–Crippen LogP) is 5.92. The normalized spacial score (nSPS) is 12.5. The molecule has 0 heterocycles. The molecule has 96 valence electrons. The Morgan fingerprint density at radius 1 is 1.24 bits per heavy atom. The standard InChI is InChI=1S/C13H17Br3O/c1-3-4-9(2)8-17-13-11(15)5-10(7-14)6-12(13)16/h5-6,9H,3-4,7-8H2,1-2H3. The first-order valence-electron chi connectivity index (χ1n) is 5.75. The van der Waals surface area contributed by atoms with Crippen LogP contribution < -0.4 is 4.74 Å². The van der Waals surface area contributed by atoms with E-state index in [1.165, 1.54) is 18.4 Å². The molecule has 1 aromatic carbocycles. The van der Waals surface area contributed by atoms with Gasteiger partial charge in [-0.25, -0.2) is 0 Å². The molecule has 0 aliphatic heterocycles. The third-order valence-electron chi connectivity index (χ3n) is 2.51. The largest absolute Gasteiger partial charge is 0.491 e. The van der Waals surface area contributed by atoms with Crippen molar-refractivity contribution < 1.29 is 4.74 Å². The number of hydrogen-bond donors (Lipinski definition) is 0. The number of benzene rings is 1. The summed E-state index contributed by atoms with van der Waals surface area (Å²) in [6.07, 6.45) is 2.41. The highest BCUT2D eigenvalue weighted by Gasteiger charge is 2.10. The molecule has 0 saturated heterocycles. The molecular formula is C13H17Br3O. The summed E-state index contributed by atoms with van der Waals surface area (Å²) >= 11 is 10.6. The average Bonchev–Trinajstić information content (AvgIpc) is 2.28. The zero-order chi connectivity index (χ0) is 12.8. The second-order valence-corrected chi connectivity index (χ2v) is 6.50. The molecule has 17 heavy (non-hydrogen) atoms. The Balaban J connectivity index is 2.71. The highest BCUT2D eigenvalue weighted by Crippen LogP contribution is 2.35. The Kier molecular flexibility index (Phi) is 7.12. The van der Waals surface area contributed by atoms with Crippen LogP contribution in [0.1, 0.15) is 32.3 Å². The zero-order valence-corrected chi connectivity index (χ0v) is 14.9. The molecule has 0 spiro atoms. The van der Waals surface area contributed by atoms with Gasteiger partial charge in [0.2, 0.25) is 0 Å². The molecule has 1 nitrogen and oxygen atoms in total. The lowest BCUT2D eigenvalue weighted by atomic mass is 10.1. The van der Waals surface area contributed by atoms with E-state index >= 15 is 0 Å². The average molecular weight is 429 g/mol. The third-order valence-corrected chi connectivity index (χ3v) is 4.33. The Morgan fingerprint density at radius 2 is 1.82 bits per heavy atom. The van der Waals surface area contributed by atoms with Crippen LogP contribution in [-0.2, 0) is 5.33 Å². The Bertz CT molecular complexity index is 343. The monoisotopic (exact) mass is 426 g/mol. The summed E-state index contributed by atoms with van der Waals surface area (Å²) in [5, 5.41) is 0.844. The van der Waals surface area contributed by atoms with Gasteiger partial charge in [0.1, 0.15) is 5.75 Å². The molecule has 1 aromatic rings. The van der Waals surface area contributed by atoms with Gasteiger partial charge >= 0.3 is 0 Å². The summed E-state index contributed by atoms with van der Waals surface area (Å²) in [4.78, 5) is 0. The molecule has 0 radical (unpaired) electrons. The maximum absolute atomic E-state index is 5.87. The third kappa shape index (κ3) is 4.92. The van der Waals surface area contributed by atoms with Crippen molar-refractivity contribution in [3.8, 4) is 5.75 Å². The van der Waals surface area contributed by atoms with Gasteiger partial charge in [-0.05, 0) is 61.9 Å². The maximum atomic E-state index is 5.87. The van der Waals surface area contributed by atoms with Crippen LogP contribution in [0.15, 0.2) is 21.1 Å². The SMILES string of the molecule is CCCC(C)COc1c(Br)cc(CBr)cc1Br. The van der Waals surface area contributed by atoms with Crippen molar-refractivity contribution in [2.75, 3.05) is 6.61 Å². The summed E-state index contributed by atoms with van der Waals surface area (Å²) in [5.41, 5.74) is 1.22. The van der Waals surface area contributed by atoms with E-state index in [4.69, 9.17) is 4.74 Å². The molecule has 1 rings (SSSR count). The van der Waals surface area contributed by atoms with Gasteiger partial charge < -0.3 is 4.74 Å². The van der Waals surface area contributed by atoms with Gasteiger partial charge in [0.25, 0.3) is 0 Å². The van der Waals surface area contributed by atoms with Crippen molar-refractivity contribution in [2.24, 2.45) is 5.92 Å². The summed E-state index contributed by atoms with van der Waals surface area (Å²) in [6, 6.07) is 4.17. The van der Waals surface area contributed by atoms with Gasteiger partial charge in [0.05, 0.1) is 15.6 Å². The fourth-order valence-electron chi connectivity index (χ4n) is 1.63. The van der Waals surface area contributed by atoms with Crippen LogP contribution in [0.25, 0.3) is 0 Å². The van der Waals surface area contributed by atoms with Gasteiger partial charge in [-0.1, -0.05) is 36.2 Å². The Hall–Kier alpha value is 0.460. The second-order valence-electron chi connectivity index (χ2n) is 4.23. The van der Waals surface area contributed by atoms with Crippen molar-refractivity contribution in [3.63, 3.8) is 0 Å². The first-order chi connectivity index (χ1) is 8.08. The van der Waals surface area contributed by atoms with Crippen LogP contribution in [0.5, 0.6) is 5.75 Å². The van der Waals surface area contributed by atoms with E-state index in [0.29, 0.717) is 5.92 Å². The predicted molar refractivity (Wildman–Crippen MR) is 84.0 cm³/mol. The fourth-order valence-corrected chi connectivity index (χ4v) is 3.46. The molecule has 0 aliphatic carbocycles. The van der Waals surface area contributed by atoms with Crippen LogP contribution in [0.3, 0.4) is 0 Å². The van der Waals surface area contributed by atoms with Crippen molar-refractivity contribution in [1.82, 2.24) is 0 Å². The highest BCUT2D eigenvalue weighted by atomic mass is 79.9. The summed E-state index contributed by atoms with van der Waals surface area (Å²) in [6.45, 7) is 5.18. The van der Waals surface area contributed by atoms with Crippen LogP contribution in [0.4, 0.5) is 0 Å². The second kappa shape index (κ2) is 7.80. The lowest BCUT2D eigenvalue weighted by molar-refractivity contribution is 0.249. The molecule has 0 saturated carbocycles. The van der Waals surface area contributed by atoms with E-state index < -0.39 is 0 Å². The smallest absolute Gasteiger partial charge is 0.147 e. The Labute approximate surface area is 129 Å². The van der Waals surface area contributed by atoms with Gasteiger partial charge in [-0.3, -0.25) is 0 Å². The molecule has 0 aliphatic rings. The topological polar surface area (TPSA) is 9.23 Å². The van der Waals surface area contributed by atoms with Gasteiger partial charge in [-0.15, -0.1) is 0 Å². The van der Waals surface area contributed by atoms with Gasteiger partial charge in [-0.2, -0.15) is 0 Å². The molecule has 0 amide bonds. The van der Waals surface area contributed by atoms with Crippen molar-refractivity contribution in [1.29, 1.82) is 0 Å². The van der Waals surface area contributed by atoms with Gasteiger partial charge in [0, 0.05) is 5.33 Å². The maximum Gasteiger partial charge on any atom is 0.147 e. The number of halogens is 3. The lowest BCUT2D eigenvalue weighted by Crippen LogP contribution is -2.08. The van der Waals surface area contributed by atoms with Crippen LogP contribution >= 0.6 is 47.8 Å². The van der Waals surface area contributed by atoms with E-state index in [0.717, 1.165) is 26.6 Å². The van der Waals surface area contributed by atoms with E-state index in [-0.39, 0.29) is 0 Å². The minimum atomic E-state index is 0.592. The zero-order valence-electron chi connectivity index (χ0n) is 10.1. The van der Waals surface area contributed by atoms with Crippen molar-refractivity contribution in [2.45, 2.75) is 32.0 Å². The molecular weight excluding hydrogens is 412 g/mol. The van der Waals surface area contributed by atoms with Crippen LogP contribution in [0, 0.1) is 5.92 Å². The minimum absolute atomic E-state index is 0.592. The number of rotatable bonds is 6. The minimum Gasteiger partial charge on any atom is -0.491 e. The van der Waals surface area contributed by atoms with Crippen molar-refractivity contribution in [3.05, 3.63) is 26.6 Å². The summed E-state index contributed by atoms with van der Waals surface area (Å²) in [7, 11) is 0. The first-order valence-corrected chi connectivity index (χ1v) is 8.45. The fraction of sp³-hybridized carbons (Fsp3) is 0.538. The van der Waals surface area contributed by atoms with Gasteiger partial charge in [0.15, 0.2) is 0 Å². The molecule has 0 N–H and O–H groups in total. The molecule has 0 fully saturated rings. The van der Waals surface area contributed by atoms with E-state index in [1.54, 1.807) is 0 Å². The number of hydrogen-bond acceptors (Lipinski definition) is 1. The van der Waals surface area contributed by atoms with E-state index in [1.807, 2.05) is 0 Å². The highest BCUT2D eigenvalue weighted by molar-refractivity contribution is 9.11. The number of alkyl halides is 1. The lowest BCUT2D eigenvalue weighted by Gasteiger charge is -2.15. The summed E-state index contributed by atoms with van der Waals surface area (Å²) < 4.78 is 7.88. The number of ether oxygens (including phenoxy) is 1. The first kappa shape index (κ1) is 15.5. The molecule has 1 unspecified atom stereocenters. The molecule has 1 atom stereocenters. The van der Waals surface area contributed by atoms with Crippen LogP contribution in [-0.4, -0.2) is 6.61 Å². The molecule has 0 aromatic heterocycles. The van der Waals surface area contributed by atoms with E-state index in [2.05, 4.69) is 73.8 Å². The summed E-state index contributed by atoms with van der Waals surface area (Å²) in [5.74, 6) is 1.49. The molecule has 0 bridgehead atoms. The van der Waals surface area contributed by atoms with Crippen molar-refractivity contribution >= 4 is 47.8 Å². The Morgan fingerprint density at radius 3 is 2.29 bits per heavy atom. The quantitative estimate of drug-likeness (QED) is 0.511. The van der Waals surface area contributed by atoms with Crippen LogP contribution in [0.2, 0.25) is 0 Å². The molecule has 4 heteroatoms. The van der Waals surface area contributed by atoms with E-state index in [9.17, 15) is 0 Å².